The van der Waals surface area contributed by atoms with E-state index in [1.54, 1.807) is 0 Å². The minimum Gasteiger partial charge on any atom is -0.309 e. The maximum atomic E-state index is 5.46. The van der Waals surface area contributed by atoms with Crippen molar-refractivity contribution in [3.8, 4) is 34.0 Å². The van der Waals surface area contributed by atoms with Crippen LogP contribution in [0.15, 0.2) is 231 Å². The average molecular weight is 863 g/mol. The quantitative estimate of drug-likeness (QED) is 0.165. The van der Waals surface area contributed by atoms with Crippen molar-refractivity contribution in [1.29, 1.82) is 0 Å². The number of rotatable bonds is 4. The first kappa shape index (κ1) is 37.1. The summed E-state index contributed by atoms with van der Waals surface area (Å²) in [7, 11) is 0. The molecule has 15 rings (SSSR count). The van der Waals surface area contributed by atoms with E-state index in [9.17, 15) is 0 Å². The van der Waals surface area contributed by atoms with E-state index in [4.69, 9.17) is 9.97 Å². The first-order valence-corrected chi connectivity index (χ1v) is 23.3. The van der Waals surface area contributed by atoms with Crippen LogP contribution < -0.4 is 0 Å². The van der Waals surface area contributed by atoms with Crippen LogP contribution in [0.25, 0.3) is 142 Å². The van der Waals surface area contributed by atoms with E-state index in [0.29, 0.717) is 5.82 Å². The van der Waals surface area contributed by atoms with E-state index in [0.717, 1.165) is 50.1 Å². The van der Waals surface area contributed by atoms with Crippen LogP contribution in [-0.4, -0.2) is 19.1 Å². The van der Waals surface area contributed by atoms with E-state index in [2.05, 4.69) is 240 Å². The van der Waals surface area contributed by atoms with Crippen LogP contribution >= 0.6 is 0 Å². The van der Waals surface area contributed by atoms with E-state index in [1.165, 1.54) is 86.4 Å². The maximum Gasteiger partial charge on any atom is 0.160 e. The molecule has 3 aromatic heterocycles. The fourth-order valence-corrected chi connectivity index (χ4v) is 11.3. The smallest absolute Gasteiger partial charge is 0.160 e. The second-order valence-corrected chi connectivity index (χ2v) is 18.1. The van der Waals surface area contributed by atoms with Crippen molar-refractivity contribution < 1.29 is 0 Å². The van der Waals surface area contributed by atoms with Gasteiger partial charge in [0.05, 0.1) is 33.3 Å². The number of benzene rings is 12. The summed E-state index contributed by atoms with van der Waals surface area (Å²) in [6, 6.07) is 84.0. The van der Waals surface area contributed by atoms with E-state index in [1.807, 2.05) is 0 Å². The number of fused-ring (bicyclic) bond motifs is 15. The molecule has 0 amide bonds. The van der Waals surface area contributed by atoms with Crippen molar-refractivity contribution >= 4 is 108 Å². The first-order chi connectivity index (χ1) is 33.7. The summed E-state index contributed by atoms with van der Waals surface area (Å²) in [5.74, 6) is 0.691. The number of hydrogen-bond acceptors (Lipinski definition) is 2. The van der Waals surface area contributed by atoms with Crippen LogP contribution in [0.3, 0.4) is 0 Å². The molecule has 0 saturated carbocycles. The molecule has 4 nitrogen and oxygen atoms in total. The molecule has 15 aromatic rings. The molecule has 0 atom stereocenters. The van der Waals surface area contributed by atoms with Crippen LogP contribution in [0.5, 0.6) is 0 Å². The zero-order chi connectivity index (χ0) is 44.5. The molecule has 4 heteroatoms. The Morgan fingerprint density at radius 2 is 0.750 bits per heavy atom. The van der Waals surface area contributed by atoms with Gasteiger partial charge in [-0.3, -0.25) is 0 Å². The van der Waals surface area contributed by atoms with E-state index < -0.39 is 0 Å². The third kappa shape index (κ3) is 5.43. The molecule has 0 bridgehead atoms. The van der Waals surface area contributed by atoms with Gasteiger partial charge in [0.25, 0.3) is 0 Å². The molecule has 0 radical (unpaired) electrons. The highest BCUT2D eigenvalue weighted by molar-refractivity contribution is 6.26. The molecular weight excluding hydrogens is 825 g/mol. The van der Waals surface area contributed by atoms with Crippen molar-refractivity contribution in [3.05, 3.63) is 231 Å². The van der Waals surface area contributed by atoms with Gasteiger partial charge in [0.1, 0.15) is 0 Å². The van der Waals surface area contributed by atoms with Crippen LogP contribution in [0.4, 0.5) is 0 Å². The lowest BCUT2D eigenvalue weighted by atomic mass is 9.92. The molecule has 0 unspecified atom stereocenters. The van der Waals surface area contributed by atoms with Gasteiger partial charge < -0.3 is 9.13 Å². The average Bonchev–Trinajstić information content (AvgIpc) is 3.90. The van der Waals surface area contributed by atoms with Crippen LogP contribution in [0, 0.1) is 0 Å². The Morgan fingerprint density at radius 1 is 0.250 bits per heavy atom. The standard InChI is InChI=1S/C64H38N4/c1-3-16-41-36-61-55(33-39(41)14-1)52-24-10-12-27-59(52)68(61)46-29-31-60-57(38-46)56-34-40-15-2-4-17-42(40)37-62(56)67(60)45-19-13-18-44(32-45)64-65-58-26-11-9-25-53(58)63(66-64)43-28-30-51-49-22-6-5-20-47(49)48-21-7-8-23-50(48)54(51)35-43/h1-38H. The Morgan fingerprint density at radius 3 is 1.43 bits per heavy atom. The Hall–Kier alpha value is -9.12. The van der Waals surface area contributed by atoms with Crippen LogP contribution in [0.2, 0.25) is 0 Å². The second kappa shape index (κ2) is 14.2. The van der Waals surface area contributed by atoms with Gasteiger partial charge in [-0.15, -0.1) is 0 Å². The Labute approximate surface area is 390 Å². The van der Waals surface area contributed by atoms with Gasteiger partial charge in [0, 0.05) is 49.4 Å². The molecule has 314 valence electrons. The zero-order valence-electron chi connectivity index (χ0n) is 36.7. The van der Waals surface area contributed by atoms with Gasteiger partial charge in [-0.05, 0) is 127 Å². The van der Waals surface area contributed by atoms with E-state index >= 15 is 0 Å². The predicted octanol–water partition coefficient (Wildman–Crippen LogP) is 16.9. The van der Waals surface area contributed by atoms with Crippen LogP contribution in [-0.2, 0) is 0 Å². The molecule has 0 fully saturated rings. The topological polar surface area (TPSA) is 35.6 Å². The number of nitrogens with zero attached hydrogens (tertiary/aromatic N) is 4. The molecule has 0 aliphatic heterocycles. The lowest BCUT2D eigenvalue weighted by Crippen LogP contribution is -1.98. The van der Waals surface area contributed by atoms with Gasteiger partial charge in [-0.1, -0.05) is 158 Å². The first-order valence-electron chi connectivity index (χ1n) is 23.3. The normalized spacial score (nSPS) is 12.1. The van der Waals surface area contributed by atoms with E-state index in [-0.39, 0.29) is 0 Å². The molecular formula is C64H38N4. The summed E-state index contributed by atoms with van der Waals surface area (Å²) in [5.41, 5.74) is 10.7. The fraction of sp³-hybridized carbons (Fsp3) is 0. The number of aromatic nitrogens is 4. The third-order valence-corrected chi connectivity index (χ3v) is 14.4. The summed E-state index contributed by atoms with van der Waals surface area (Å²) in [4.78, 5) is 10.7. The van der Waals surface area contributed by atoms with Gasteiger partial charge >= 0.3 is 0 Å². The summed E-state index contributed by atoms with van der Waals surface area (Å²) in [6.07, 6.45) is 0. The van der Waals surface area contributed by atoms with Crippen molar-refractivity contribution in [2.45, 2.75) is 0 Å². The summed E-state index contributed by atoms with van der Waals surface area (Å²) < 4.78 is 4.86. The molecule has 68 heavy (non-hydrogen) atoms. The van der Waals surface area contributed by atoms with Gasteiger partial charge in [0.15, 0.2) is 5.82 Å². The molecule has 3 heterocycles. The van der Waals surface area contributed by atoms with Gasteiger partial charge in [0.2, 0.25) is 0 Å². The molecule has 0 N–H and O–H groups in total. The van der Waals surface area contributed by atoms with Crippen LogP contribution in [0.1, 0.15) is 0 Å². The number of hydrogen-bond donors (Lipinski definition) is 0. The fourth-order valence-electron chi connectivity index (χ4n) is 11.3. The number of para-hydroxylation sites is 2. The highest BCUT2D eigenvalue weighted by Crippen LogP contribution is 2.42. The Bertz CT molecular complexity index is 4590. The second-order valence-electron chi connectivity index (χ2n) is 18.1. The maximum absolute atomic E-state index is 5.46. The van der Waals surface area contributed by atoms with Crippen molar-refractivity contribution in [2.75, 3.05) is 0 Å². The summed E-state index contributed by atoms with van der Waals surface area (Å²) in [5, 5.41) is 18.3. The zero-order valence-corrected chi connectivity index (χ0v) is 36.7. The third-order valence-electron chi connectivity index (χ3n) is 14.4. The summed E-state index contributed by atoms with van der Waals surface area (Å²) >= 11 is 0. The molecule has 0 spiro atoms. The predicted molar refractivity (Wildman–Crippen MR) is 287 cm³/mol. The largest absolute Gasteiger partial charge is 0.309 e. The Kier molecular flexibility index (Phi) is 7.75. The monoisotopic (exact) mass is 862 g/mol. The molecule has 0 saturated heterocycles. The Balaban J connectivity index is 0.931. The van der Waals surface area contributed by atoms with Crippen molar-refractivity contribution in [1.82, 2.24) is 19.1 Å². The minimum absolute atomic E-state index is 0.691. The molecule has 0 aliphatic rings. The highest BCUT2D eigenvalue weighted by atomic mass is 15.0. The lowest BCUT2D eigenvalue weighted by Gasteiger charge is -2.14. The molecule has 12 aromatic carbocycles. The SMILES string of the molecule is c1cc(-c2nc(-c3ccc4c5ccccc5c5ccccc5c4c3)c3ccccc3n2)cc(-n2c3ccc(-n4c5ccccc5c5cc6ccccc6cc54)cc3c3cc4ccccc4cc32)c1. The molecule has 0 aliphatic carbocycles. The minimum atomic E-state index is 0.691. The van der Waals surface area contributed by atoms with Gasteiger partial charge in [-0.25, -0.2) is 9.97 Å². The van der Waals surface area contributed by atoms with Crippen molar-refractivity contribution in [3.63, 3.8) is 0 Å². The van der Waals surface area contributed by atoms with Gasteiger partial charge in [-0.2, -0.15) is 0 Å². The lowest BCUT2D eigenvalue weighted by molar-refractivity contribution is 1.16. The highest BCUT2D eigenvalue weighted by Gasteiger charge is 2.20. The van der Waals surface area contributed by atoms with Crippen molar-refractivity contribution in [2.24, 2.45) is 0 Å². The summed E-state index contributed by atoms with van der Waals surface area (Å²) in [6.45, 7) is 0.